The van der Waals surface area contributed by atoms with Crippen molar-refractivity contribution in [2.24, 2.45) is 0 Å². The highest BCUT2D eigenvalue weighted by Crippen LogP contribution is 2.26. The highest BCUT2D eigenvalue weighted by Gasteiger charge is 2.33. The summed E-state index contributed by atoms with van der Waals surface area (Å²) in [5, 5.41) is 2.71. The van der Waals surface area contributed by atoms with Gasteiger partial charge in [0.2, 0.25) is 0 Å². The zero-order valence-corrected chi connectivity index (χ0v) is 15.5. The number of pyridine rings is 1. The van der Waals surface area contributed by atoms with Crippen molar-refractivity contribution in [3.05, 3.63) is 71.8 Å². The van der Waals surface area contributed by atoms with Crippen molar-refractivity contribution in [2.75, 3.05) is 23.3 Å². The van der Waals surface area contributed by atoms with Crippen molar-refractivity contribution in [2.45, 2.75) is 13.0 Å². The number of aromatic nitrogens is 3. The van der Waals surface area contributed by atoms with Gasteiger partial charge in [0.1, 0.15) is 29.3 Å². The molecule has 1 fully saturated rings. The molecule has 1 N–H and O–H groups in total. The number of aryl methyl sites for hydroxylation is 1. The molecule has 3 aromatic rings. The summed E-state index contributed by atoms with van der Waals surface area (Å²) in [5.74, 6) is -0.882. The number of nitrogens with zero attached hydrogens (tertiary/aromatic N) is 4. The first-order chi connectivity index (χ1) is 14.0. The molecule has 0 atom stereocenters. The Labute approximate surface area is 165 Å². The Balaban J connectivity index is 1.43. The topological polar surface area (TPSA) is 80.2 Å². The minimum absolute atomic E-state index is 0.120. The Kier molecular flexibility index (Phi) is 5.03. The van der Waals surface area contributed by atoms with Crippen LogP contribution in [0.4, 0.5) is 20.4 Å². The van der Waals surface area contributed by atoms with E-state index >= 15 is 0 Å². The van der Waals surface area contributed by atoms with E-state index in [4.69, 9.17) is 4.74 Å². The third kappa shape index (κ3) is 4.29. The molecule has 1 amide bonds. The average Bonchev–Trinajstić information content (AvgIpc) is 2.63. The summed E-state index contributed by atoms with van der Waals surface area (Å²) in [6.07, 6.45) is 4.25. The Hall–Kier alpha value is -3.62. The Morgan fingerprint density at radius 3 is 2.52 bits per heavy atom. The van der Waals surface area contributed by atoms with Gasteiger partial charge in [-0.25, -0.2) is 23.7 Å². The molecule has 1 aliphatic rings. The largest absolute Gasteiger partial charge is 0.487 e. The summed E-state index contributed by atoms with van der Waals surface area (Å²) in [7, 11) is 0. The van der Waals surface area contributed by atoms with Crippen LogP contribution in [0, 0.1) is 18.6 Å². The number of amides is 1. The van der Waals surface area contributed by atoms with Crippen LogP contribution in [0.3, 0.4) is 0 Å². The molecular formula is C20H17F2N5O2. The first-order valence-electron chi connectivity index (χ1n) is 8.90. The predicted molar refractivity (Wildman–Crippen MR) is 102 cm³/mol. The number of ether oxygens (including phenoxy) is 1. The van der Waals surface area contributed by atoms with Crippen molar-refractivity contribution in [3.8, 4) is 5.75 Å². The lowest BCUT2D eigenvalue weighted by Gasteiger charge is -2.40. The van der Waals surface area contributed by atoms with Crippen molar-refractivity contribution in [1.29, 1.82) is 0 Å². The molecule has 1 saturated heterocycles. The molecule has 0 aliphatic carbocycles. The van der Waals surface area contributed by atoms with Crippen LogP contribution >= 0.6 is 0 Å². The van der Waals surface area contributed by atoms with Crippen LogP contribution in [0.2, 0.25) is 0 Å². The van der Waals surface area contributed by atoms with Gasteiger partial charge in [-0.2, -0.15) is 0 Å². The summed E-state index contributed by atoms with van der Waals surface area (Å²) >= 11 is 0. The molecule has 4 rings (SSSR count). The highest BCUT2D eigenvalue weighted by atomic mass is 19.1. The number of carbonyl (C=O) groups excluding carboxylic acids is 1. The molecule has 29 heavy (non-hydrogen) atoms. The van der Waals surface area contributed by atoms with E-state index in [2.05, 4.69) is 20.3 Å². The van der Waals surface area contributed by atoms with Crippen molar-refractivity contribution < 1.29 is 18.3 Å². The fraction of sp³-hybridized carbons (Fsp3) is 0.200. The zero-order valence-electron chi connectivity index (χ0n) is 15.5. The van der Waals surface area contributed by atoms with E-state index in [0.717, 1.165) is 23.8 Å². The summed E-state index contributed by atoms with van der Waals surface area (Å²) < 4.78 is 32.2. The lowest BCUT2D eigenvalue weighted by atomic mass is 10.1. The SMILES string of the molecule is Cc1ccnc(NC(=O)c2nccnc2N2CC(Oc3cc(F)cc(F)c3)C2)c1. The van der Waals surface area contributed by atoms with Crippen LogP contribution in [0.1, 0.15) is 16.1 Å². The summed E-state index contributed by atoms with van der Waals surface area (Å²) in [6.45, 7) is 2.70. The lowest BCUT2D eigenvalue weighted by Crippen LogP contribution is -2.54. The van der Waals surface area contributed by atoms with Crippen LogP contribution in [-0.2, 0) is 0 Å². The fourth-order valence-electron chi connectivity index (χ4n) is 2.98. The third-order valence-corrected chi connectivity index (χ3v) is 4.34. The van der Waals surface area contributed by atoms with Crippen molar-refractivity contribution >= 4 is 17.5 Å². The maximum Gasteiger partial charge on any atom is 0.279 e. The summed E-state index contributed by atoms with van der Waals surface area (Å²) in [4.78, 5) is 27.0. The van der Waals surface area contributed by atoms with E-state index in [9.17, 15) is 13.6 Å². The monoisotopic (exact) mass is 397 g/mol. The van der Waals surface area contributed by atoms with Gasteiger partial charge in [-0.3, -0.25) is 4.79 Å². The van der Waals surface area contributed by atoms with E-state index in [1.807, 2.05) is 17.9 Å². The van der Waals surface area contributed by atoms with Gasteiger partial charge in [-0.05, 0) is 24.6 Å². The molecular weight excluding hydrogens is 380 g/mol. The van der Waals surface area contributed by atoms with Gasteiger partial charge in [0.05, 0.1) is 13.1 Å². The quantitative estimate of drug-likeness (QED) is 0.713. The third-order valence-electron chi connectivity index (χ3n) is 4.34. The molecule has 0 spiro atoms. The van der Waals surface area contributed by atoms with E-state index < -0.39 is 17.5 Å². The molecule has 3 heterocycles. The molecule has 148 valence electrons. The molecule has 0 bridgehead atoms. The first-order valence-corrected chi connectivity index (χ1v) is 8.90. The maximum absolute atomic E-state index is 13.3. The molecule has 0 saturated carbocycles. The summed E-state index contributed by atoms with van der Waals surface area (Å²) in [6, 6.07) is 6.62. The van der Waals surface area contributed by atoms with Gasteiger partial charge in [0, 0.05) is 36.8 Å². The van der Waals surface area contributed by atoms with Crippen molar-refractivity contribution in [1.82, 2.24) is 15.0 Å². The van der Waals surface area contributed by atoms with E-state index in [1.165, 1.54) is 12.4 Å². The maximum atomic E-state index is 13.3. The number of nitrogens with one attached hydrogen (secondary N) is 1. The van der Waals surface area contributed by atoms with Crippen molar-refractivity contribution in [3.63, 3.8) is 0 Å². The second-order valence-electron chi connectivity index (χ2n) is 6.65. The summed E-state index contributed by atoms with van der Waals surface area (Å²) in [5.41, 5.74) is 1.12. The molecule has 7 nitrogen and oxygen atoms in total. The fourth-order valence-corrected chi connectivity index (χ4v) is 2.98. The zero-order chi connectivity index (χ0) is 20.4. The van der Waals surface area contributed by atoms with Gasteiger partial charge < -0.3 is 15.0 Å². The second kappa shape index (κ2) is 7.78. The number of halogens is 2. The number of hydrogen-bond acceptors (Lipinski definition) is 6. The number of carbonyl (C=O) groups is 1. The van der Waals surface area contributed by atoms with Gasteiger partial charge in [0.25, 0.3) is 5.91 Å². The molecule has 2 aromatic heterocycles. The van der Waals surface area contributed by atoms with Crippen LogP contribution < -0.4 is 15.0 Å². The Morgan fingerprint density at radius 1 is 1.07 bits per heavy atom. The minimum Gasteiger partial charge on any atom is -0.487 e. The normalized spacial score (nSPS) is 13.7. The van der Waals surface area contributed by atoms with Crippen LogP contribution in [0.25, 0.3) is 0 Å². The van der Waals surface area contributed by atoms with Gasteiger partial charge >= 0.3 is 0 Å². The predicted octanol–water partition coefficient (Wildman–Crippen LogP) is 2.98. The number of rotatable bonds is 5. The second-order valence-corrected chi connectivity index (χ2v) is 6.65. The first kappa shape index (κ1) is 18.7. The molecule has 1 aliphatic heterocycles. The van der Waals surface area contributed by atoms with Gasteiger partial charge in [-0.15, -0.1) is 0 Å². The van der Waals surface area contributed by atoms with Crippen LogP contribution in [0.5, 0.6) is 5.75 Å². The molecule has 0 radical (unpaired) electrons. The smallest absolute Gasteiger partial charge is 0.279 e. The number of anilines is 2. The molecule has 1 aromatic carbocycles. The van der Waals surface area contributed by atoms with E-state index in [-0.39, 0.29) is 17.5 Å². The van der Waals surface area contributed by atoms with E-state index in [1.54, 1.807) is 12.3 Å². The molecule has 0 unspecified atom stereocenters. The highest BCUT2D eigenvalue weighted by molar-refractivity contribution is 6.05. The standard InChI is InChI=1S/C20H17F2N5O2/c1-12-2-3-23-17(6-12)26-20(28)18-19(25-5-4-24-18)27-10-16(11-27)29-15-8-13(21)7-14(22)9-15/h2-9,16H,10-11H2,1H3,(H,23,26,28). The van der Waals surface area contributed by atoms with Crippen LogP contribution in [-0.4, -0.2) is 40.1 Å². The van der Waals surface area contributed by atoms with E-state index in [0.29, 0.717) is 24.7 Å². The lowest BCUT2D eigenvalue weighted by molar-refractivity contribution is 0.102. The minimum atomic E-state index is -0.700. The average molecular weight is 397 g/mol. The Morgan fingerprint density at radius 2 is 1.79 bits per heavy atom. The van der Waals surface area contributed by atoms with Gasteiger partial charge in [0.15, 0.2) is 11.5 Å². The Bertz CT molecular complexity index is 1040. The molecule has 9 heteroatoms. The van der Waals surface area contributed by atoms with Crippen LogP contribution in [0.15, 0.2) is 48.9 Å². The number of hydrogen-bond donors (Lipinski definition) is 1. The van der Waals surface area contributed by atoms with Gasteiger partial charge in [-0.1, -0.05) is 0 Å². The number of benzene rings is 1.